The van der Waals surface area contributed by atoms with Crippen molar-refractivity contribution in [1.82, 2.24) is 15.5 Å². The van der Waals surface area contributed by atoms with Gasteiger partial charge < -0.3 is 15.5 Å². The van der Waals surface area contributed by atoms with Crippen molar-refractivity contribution in [3.8, 4) is 0 Å². The Balaban J connectivity index is 1.73. The van der Waals surface area contributed by atoms with Crippen LogP contribution in [0.2, 0.25) is 0 Å². The van der Waals surface area contributed by atoms with E-state index < -0.39 is 0 Å². The summed E-state index contributed by atoms with van der Waals surface area (Å²) in [4.78, 5) is 17.9. The lowest BCUT2D eigenvalue weighted by molar-refractivity contribution is -0.129. The number of amides is 1. The lowest BCUT2D eigenvalue weighted by Gasteiger charge is -2.18. The molecule has 120 valence electrons. The first-order chi connectivity index (χ1) is 10.7. The van der Waals surface area contributed by atoms with Gasteiger partial charge >= 0.3 is 0 Å². The van der Waals surface area contributed by atoms with E-state index in [-0.39, 0.29) is 5.91 Å². The van der Waals surface area contributed by atoms with Gasteiger partial charge in [-0.3, -0.25) is 9.79 Å². The Morgan fingerprint density at radius 2 is 2.14 bits per heavy atom. The predicted molar refractivity (Wildman–Crippen MR) is 89.9 cm³/mol. The molecule has 1 unspecified atom stereocenters. The van der Waals surface area contributed by atoms with Gasteiger partial charge in [0, 0.05) is 39.1 Å². The summed E-state index contributed by atoms with van der Waals surface area (Å²) in [6.07, 6.45) is 2.52. The highest BCUT2D eigenvalue weighted by Gasteiger charge is 2.25. The van der Waals surface area contributed by atoms with Gasteiger partial charge in [-0.1, -0.05) is 37.3 Å². The van der Waals surface area contributed by atoms with Crippen LogP contribution in [0.15, 0.2) is 35.3 Å². The van der Waals surface area contributed by atoms with Crippen molar-refractivity contribution in [2.24, 2.45) is 4.99 Å². The van der Waals surface area contributed by atoms with Crippen LogP contribution in [0.5, 0.6) is 0 Å². The Hall–Kier alpha value is -2.04. The second kappa shape index (κ2) is 8.41. The molecular weight excluding hydrogens is 276 g/mol. The average molecular weight is 302 g/mol. The number of carbonyl (C=O) groups excluding carboxylic acids is 1. The first-order valence-electron chi connectivity index (χ1n) is 8.01. The van der Waals surface area contributed by atoms with Crippen LogP contribution in [0.4, 0.5) is 0 Å². The molecule has 0 bridgehead atoms. The molecule has 1 saturated heterocycles. The molecule has 1 atom stereocenters. The van der Waals surface area contributed by atoms with E-state index in [9.17, 15) is 4.79 Å². The molecule has 5 heteroatoms. The van der Waals surface area contributed by atoms with Crippen LogP contribution in [0.25, 0.3) is 0 Å². The van der Waals surface area contributed by atoms with E-state index in [0.29, 0.717) is 12.5 Å². The average Bonchev–Trinajstić information content (AvgIpc) is 3.02. The first kappa shape index (κ1) is 16.3. The Bertz CT molecular complexity index is 501. The molecule has 22 heavy (non-hydrogen) atoms. The zero-order valence-corrected chi connectivity index (χ0v) is 13.5. The zero-order valence-electron chi connectivity index (χ0n) is 13.5. The van der Waals surface area contributed by atoms with Gasteiger partial charge in [-0.05, 0) is 18.4 Å². The Kier molecular flexibility index (Phi) is 6.25. The highest BCUT2D eigenvalue weighted by atomic mass is 16.2. The van der Waals surface area contributed by atoms with Crippen molar-refractivity contribution >= 4 is 11.9 Å². The van der Waals surface area contributed by atoms with Crippen LogP contribution < -0.4 is 10.6 Å². The highest BCUT2D eigenvalue weighted by Crippen LogP contribution is 2.10. The maximum atomic E-state index is 11.7. The lowest BCUT2D eigenvalue weighted by Crippen LogP contribution is -2.45. The maximum absolute atomic E-state index is 11.7. The van der Waals surface area contributed by atoms with Gasteiger partial charge in [0.1, 0.15) is 0 Å². The van der Waals surface area contributed by atoms with Crippen LogP contribution in [0, 0.1) is 0 Å². The molecule has 0 radical (unpaired) electrons. The fraction of sp³-hybridized carbons (Fsp3) is 0.529. The Labute approximate surface area is 132 Å². The van der Waals surface area contributed by atoms with Crippen molar-refractivity contribution < 1.29 is 4.79 Å². The Morgan fingerprint density at radius 3 is 2.82 bits per heavy atom. The Morgan fingerprint density at radius 1 is 1.36 bits per heavy atom. The van der Waals surface area contributed by atoms with Crippen LogP contribution >= 0.6 is 0 Å². The molecule has 1 aromatic carbocycles. The number of aliphatic imine (C=N–C) groups is 1. The van der Waals surface area contributed by atoms with Crippen LogP contribution in [0.1, 0.15) is 25.3 Å². The summed E-state index contributed by atoms with van der Waals surface area (Å²) >= 11 is 0. The number of nitrogens with one attached hydrogen (secondary N) is 2. The normalized spacial score (nSPS) is 18.4. The van der Waals surface area contributed by atoms with Crippen LogP contribution in [-0.2, 0) is 11.2 Å². The van der Waals surface area contributed by atoms with Gasteiger partial charge in [-0.15, -0.1) is 0 Å². The number of likely N-dealkylation sites (tertiary alicyclic amines) is 1. The third-order valence-corrected chi connectivity index (χ3v) is 3.96. The lowest BCUT2D eigenvalue weighted by atomic mass is 10.1. The summed E-state index contributed by atoms with van der Waals surface area (Å²) in [5.74, 6) is 1.04. The van der Waals surface area contributed by atoms with Crippen LogP contribution in [0.3, 0.4) is 0 Å². The molecule has 5 nitrogen and oxygen atoms in total. The topological polar surface area (TPSA) is 56.7 Å². The summed E-state index contributed by atoms with van der Waals surface area (Å²) < 4.78 is 0. The molecule has 1 aromatic rings. The minimum atomic E-state index is 0.233. The van der Waals surface area contributed by atoms with Gasteiger partial charge in [-0.25, -0.2) is 0 Å². The van der Waals surface area contributed by atoms with E-state index in [1.165, 1.54) is 5.56 Å². The minimum absolute atomic E-state index is 0.233. The molecule has 2 rings (SSSR count). The second-order valence-electron chi connectivity index (χ2n) is 5.56. The summed E-state index contributed by atoms with van der Waals surface area (Å²) in [5, 5.41) is 6.74. The van der Waals surface area contributed by atoms with Gasteiger partial charge in [0.25, 0.3) is 0 Å². The molecule has 1 amide bonds. The monoisotopic (exact) mass is 302 g/mol. The van der Waals surface area contributed by atoms with Gasteiger partial charge in [0.05, 0.1) is 0 Å². The third kappa shape index (κ3) is 4.76. The van der Waals surface area contributed by atoms with Crippen molar-refractivity contribution in [2.75, 3.05) is 26.7 Å². The molecule has 0 aliphatic carbocycles. The first-order valence-corrected chi connectivity index (χ1v) is 8.01. The number of rotatable bonds is 5. The highest BCUT2D eigenvalue weighted by molar-refractivity contribution is 5.80. The summed E-state index contributed by atoms with van der Waals surface area (Å²) in [5.41, 5.74) is 1.31. The number of carbonyl (C=O) groups is 1. The minimum Gasteiger partial charge on any atom is -0.356 e. The molecule has 1 aliphatic heterocycles. The van der Waals surface area contributed by atoms with Gasteiger partial charge in [0.15, 0.2) is 5.96 Å². The molecular formula is C17H26N4O. The molecule has 1 aliphatic rings. The van der Waals surface area contributed by atoms with Crippen LogP contribution in [-0.4, -0.2) is 49.5 Å². The molecule has 1 heterocycles. The quantitative estimate of drug-likeness (QED) is 0.638. The predicted octanol–water partition coefficient (Wildman–Crippen LogP) is 1.41. The van der Waals surface area contributed by atoms with Crippen molar-refractivity contribution in [3.05, 3.63) is 35.9 Å². The van der Waals surface area contributed by atoms with E-state index in [4.69, 9.17) is 0 Å². The third-order valence-electron chi connectivity index (χ3n) is 3.96. The molecule has 2 N–H and O–H groups in total. The SMILES string of the molecule is CCC(=O)N1CCC(NC(=NC)NCCc2ccccc2)C1. The van der Waals surface area contributed by atoms with Crippen molar-refractivity contribution in [1.29, 1.82) is 0 Å². The van der Waals surface area contributed by atoms with Gasteiger partial charge in [0.2, 0.25) is 5.91 Å². The summed E-state index contributed by atoms with van der Waals surface area (Å²) in [6, 6.07) is 10.7. The van der Waals surface area contributed by atoms with E-state index in [1.807, 2.05) is 17.9 Å². The number of benzene rings is 1. The van der Waals surface area contributed by atoms with E-state index >= 15 is 0 Å². The fourth-order valence-electron chi connectivity index (χ4n) is 2.69. The van der Waals surface area contributed by atoms with E-state index in [0.717, 1.165) is 38.4 Å². The van der Waals surface area contributed by atoms with E-state index in [1.54, 1.807) is 7.05 Å². The number of hydrogen-bond acceptors (Lipinski definition) is 2. The van der Waals surface area contributed by atoms with Crippen molar-refractivity contribution in [3.63, 3.8) is 0 Å². The largest absolute Gasteiger partial charge is 0.356 e. The molecule has 0 aromatic heterocycles. The molecule has 1 fully saturated rings. The number of nitrogens with zero attached hydrogens (tertiary/aromatic N) is 2. The standard InChI is InChI=1S/C17H26N4O/c1-3-16(22)21-12-10-15(13-21)20-17(18-2)19-11-9-14-7-5-4-6-8-14/h4-8,15H,3,9-13H2,1-2H3,(H2,18,19,20). The number of hydrogen-bond donors (Lipinski definition) is 2. The molecule has 0 spiro atoms. The zero-order chi connectivity index (χ0) is 15.8. The molecule has 0 saturated carbocycles. The smallest absolute Gasteiger partial charge is 0.222 e. The fourth-order valence-corrected chi connectivity index (χ4v) is 2.69. The van der Waals surface area contributed by atoms with E-state index in [2.05, 4.69) is 39.9 Å². The maximum Gasteiger partial charge on any atom is 0.222 e. The second-order valence-corrected chi connectivity index (χ2v) is 5.56. The van der Waals surface area contributed by atoms with Gasteiger partial charge in [-0.2, -0.15) is 0 Å². The number of guanidine groups is 1. The summed E-state index contributed by atoms with van der Waals surface area (Å²) in [6.45, 7) is 4.36. The van der Waals surface area contributed by atoms with Crippen molar-refractivity contribution in [2.45, 2.75) is 32.2 Å². The summed E-state index contributed by atoms with van der Waals surface area (Å²) in [7, 11) is 1.78.